The number of hydrogen-bond donors (Lipinski definition) is 1. The summed E-state index contributed by atoms with van der Waals surface area (Å²) >= 11 is 1.92. The average Bonchev–Trinajstić information content (AvgIpc) is 2.07. The van der Waals surface area contributed by atoms with E-state index in [-0.39, 0.29) is 0 Å². The zero-order chi connectivity index (χ0) is 7.94. The number of allylic oxidation sites excluding steroid dienone is 3. The highest BCUT2D eigenvalue weighted by Crippen LogP contribution is 2.14. The van der Waals surface area contributed by atoms with Gasteiger partial charge in [0.05, 0.1) is 0 Å². The molecule has 1 nitrogen and oxygen atoms in total. The van der Waals surface area contributed by atoms with Crippen molar-refractivity contribution < 1.29 is 0 Å². The van der Waals surface area contributed by atoms with Gasteiger partial charge in [-0.1, -0.05) is 18.2 Å². The topological polar surface area (TPSA) is 26.0 Å². The van der Waals surface area contributed by atoms with Crippen LogP contribution in [0.3, 0.4) is 0 Å². The summed E-state index contributed by atoms with van der Waals surface area (Å²) < 4.78 is 0. The fourth-order valence-electron chi connectivity index (χ4n) is 1.05. The van der Waals surface area contributed by atoms with Crippen LogP contribution in [0.5, 0.6) is 0 Å². The zero-order valence-electron chi connectivity index (χ0n) is 6.75. The Balaban J connectivity index is 2.15. The third kappa shape index (κ3) is 3.63. The molecule has 11 heavy (non-hydrogen) atoms. The molecular weight excluding hydrogens is 154 g/mol. The molecule has 62 valence electrons. The van der Waals surface area contributed by atoms with E-state index >= 15 is 0 Å². The molecule has 0 spiro atoms. The fraction of sp³-hybridized carbons (Fsp3) is 0.556. The molecule has 0 aliphatic heterocycles. The molecule has 0 aromatic heterocycles. The van der Waals surface area contributed by atoms with Crippen LogP contribution in [-0.4, -0.2) is 18.1 Å². The summed E-state index contributed by atoms with van der Waals surface area (Å²) in [6.07, 6.45) is 9.23. The van der Waals surface area contributed by atoms with Gasteiger partial charge in [0.15, 0.2) is 0 Å². The predicted octanol–water partition coefficient (Wildman–Crippen LogP) is 1.95. The second-order valence-electron chi connectivity index (χ2n) is 2.60. The van der Waals surface area contributed by atoms with Gasteiger partial charge in [-0.25, -0.2) is 0 Å². The van der Waals surface area contributed by atoms with Crippen LogP contribution in [0.1, 0.15) is 12.8 Å². The number of hydrogen-bond acceptors (Lipinski definition) is 2. The highest BCUT2D eigenvalue weighted by molar-refractivity contribution is 7.99. The molecule has 0 heterocycles. The van der Waals surface area contributed by atoms with Crippen molar-refractivity contribution in [1.29, 1.82) is 0 Å². The predicted molar refractivity (Wildman–Crippen MR) is 52.8 cm³/mol. The van der Waals surface area contributed by atoms with E-state index in [1.54, 1.807) is 0 Å². The van der Waals surface area contributed by atoms with Crippen molar-refractivity contribution in [2.45, 2.75) is 12.8 Å². The summed E-state index contributed by atoms with van der Waals surface area (Å²) in [5.74, 6) is 2.21. The first kappa shape index (κ1) is 8.88. The minimum atomic E-state index is 0.793. The average molecular weight is 169 g/mol. The maximum atomic E-state index is 5.39. The van der Waals surface area contributed by atoms with Gasteiger partial charge in [-0.15, -0.1) is 0 Å². The van der Waals surface area contributed by atoms with Gasteiger partial charge >= 0.3 is 0 Å². The zero-order valence-corrected chi connectivity index (χ0v) is 7.57. The van der Waals surface area contributed by atoms with Crippen LogP contribution in [0.15, 0.2) is 23.8 Å². The van der Waals surface area contributed by atoms with E-state index in [4.69, 9.17) is 5.73 Å². The third-order valence-electron chi connectivity index (χ3n) is 1.60. The van der Waals surface area contributed by atoms with E-state index in [9.17, 15) is 0 Å². The Kier molecular flexibility index (Phi) is 4.39. The van der Waals surface area contributed by atoms with Crippen molar-refractivity contribution in [3.63, 3.8) is 0 Å². The Bertz CT molecular complexity index is 161. The molecule has 0 unspecified atom stereocenters. The Morgan fingerprint density at radius 3 is 3.00 bits per heavy atom. The lowest BCUT2D eigenvalue weighted by molar-refractivity contribution is 1.02. The van der Waals surface area contributed by atoms with Gasteiger partial charge in [-0.05, 0) is 18.4 Å². The van der Waals surface area contributed by atoms with Crippen molar-refractivity contribution in [1.82, 2.24) is 0 Å². The summed E-state index contributed by atoms with van der Waals surface area (Å²) in [6.45, 7) is 0.793. The van der Waals surface area contributed by atoms with Gasteiger partial charge in [-0.3, -0.25) is 0 Å². The molecule has 1 aliphatic carbocycles. The lowest BCUT2D eigenvalue weighted by Gasteiger charge is -2.05. The van der Waals surface area contributed by atoms with Crippen molar-refractivity contribution in [2.24, 2.45) is 5.73 Å². The Morgan fingerprint density at radius 1 is 1.45 bits per heavy atom. The van der Waals surface area contributed by atoms with Crippen molar-refractivity contribution in [3.05, 3.63) is 23.8 Å². The first-order valence-electron chi connectivity index (χ1n) is 4.07. The fourth-order valence-corrected chi connectivity index (χ4v) is 1.81. The molecule has 0 aromatic rings. The van der Waals surface area contributed by atoms with Crippen LogP contribution >= 0.6 is 11.8 Å². The quantitative estimate of drug-likeness (QED) is 0.651. The SMILES string of the molecule is NCCSCC1=CCCC=C1. The third-order valence-corrected chi connectivity index (χ3v) is 2.66. The van der Waals surface area contributed by atoms with E-state index in [1.807, 2.05) is 11.8 Å². The van der Waals surface area contributed by atoms with Crippen molar-refractivity contribution >= 4 is 11.8 Å². The molecule has 0 atom stereocenters. The van der Waals surface area contributed by atoms with Crippen LogP contribution in [0.2, 0.25) is 0 Å². The van der Waals surface area contributed by atoms with E-state index in [1.165, 1.54) is 18.4 Å². The first-order chi connectivity index (χ1) is 5.43. The molecule has 0 saturated carbocycles. The smallest absolute Gasteiger partial charge is 0.0181 e. The van der Waals surface area contributed by atoms with Crippen LogP contribution in [0, 0.1) is 0 Å². The standard InChI is InChI=1S/C9H15NS/c10-6-7-11-8-9-4-2-1-3-5-9/h2,4-5H,1,3,6-8,10H2. The molecule has 0 amide bonds. The van der Waals surface area contributed by atoms with Crippen LogP contribution in [0.4, 0.5) is 0 Å². The van der Waals surface area contributed by atoms with E-state index < -0.39 is 0 Å². The summed E-state index contributed by atoms with van der Waals surface area (Å²) in [5.41, 5.74) is 6.85. The summed E-state index contributed by atoms with van der Waals surface area (Å²) in [5, 5.41) is 0. The molecule has 0 fully saturated rings. The van der Waals surface area contributed by atoms with Crippen LogP contribution in [-0.2, 0) is 0 Å². The maximum absolute atomic E-state index is 5.39. The Morgan fingerprint density at radius 2 is 2.36 bits per heavy atom. The van der Waals surface area contributed by atoms with Gasteiger partial charge in [0.2, 0.25) is 0 Å². The van der Waals surface area contributed by atoms with Gasteiger partial charge in [0.1, 0.15) is 0 Å². The van der Waals surface area contributed by atoms with Gasteiger partial charge in [0.25, 0.3) is 0 Å². The van der Waals surface area contributed by atoms with E-state index in [2.05, 4.69) is 18.2 Å². The Labute approximate surface area is 72.7 Å². The van der Waals surface area contributed by atoms with Gasteiger partial charge in [-0.2, -0.15) is 11.8 Å². The molecule has 1 aliphatic rings. The number of thioether (sulfide) groups is 1. The largest absolute Gasteiger partial charge is 0.330 e. The first-order valence-corrected chi connectivity index (χ1v) is 5.22. The minimum Gasteiger partial charge on any atom is -0.330 e. The maximum Gasteiger partial charge on any atom is 0.0181 e. The lowest BCUT2D eigenvalue weighted by atomic mass is 10.1. The molecule has 0 saturated heterocycles. The molecule has 0 radical (unpaired) electrons. The van der Waals surface area contributed by atoms with Crippen molar-refractivity contribution in [3.8, 4) is 0 Å². The highest BCUT2D eigenvalue weighted by atomic mass is 32.2. The molecular formula is C9H15NS. The lowest BCUT2D eigenvalue weighted by Crippen LogP contribution is -2.02. The monoisotopic (exact) mass is 169 g/mol. The van der Waals surface area contributed by atoms with Gasteiger partial charge in [0, 0.05) is 18.1 Å². The number of nitrogens with two attached hydrogens (primary N) is 1. The number of rotatable bonds is 4. The summed E-state index contributed by atoms with van der Waals surface area (Å²) in [7, 11) is 0. The van der Waals surface area contributed by atoms with Crippen LogP contribution < -0.4 is 5.73 Å². The van der Waals surface area contributed by atoms with E-state index in [0.29, 0.717) is 0 Å². The minimum absolute atomic E-state index is 0.793. The normalized spacial score (nSPS) is 16.6. The second-order valence-corrected chi connectivity index (χ2v) is 3.71. The van der Waals surface area contributed by atoms with E-state index in [0.717, 1.165) is 18.1 Å². The molecule has 2 heteroatoms. The second kappa shape index (κ2) is 5.44. The summed E-state index contributed by atoms with van der Waals surface area (Å²) in [6, 6.07) is 0. The van der Waals surface area contributed by atoms with Crippen molar-refractivity contribution in [2.75, 3.05) is 18.1 Å². The molecule has 0 bridgehead atoms. The highest BCUT2D eigenvalue weighted by Gasteiger charge is 1.96. The molecule has 2 N–H and O–H groups in total. The Hall–Kier alpha value is -0.210. The summed E-state index contributed by atoms with van der Waals surface area (Å²) in [4.78, 5) is 0. The van der Waals surface area contributed by atoms with Gasteiger partial charge < -0.3 is 5.73 Å². The molecule has 0 aromatic carbocycles. The molecule has 1 rings (SSSR count). The van der Waals surface area contributed by atoms with Crippen LogP contribution in [0.25, 0.3) is 0 Å².